The van der Waals surface area contributed by atoms with Gasteiger partial charge in [-0.1, -0.05) is 0 Å². The molecule has 132 valence electrons. The Morgan fingerprint density at radius 3 is 2.48 bits per heavy atom. The molecule has 0 aromatic carbocycles. The van der Waals surface area contributed by atoms with Crippen LogP contribution in [0, 0.1) is 11.3 Å². The van der Waals surface area contributed by atoms with Crippen LogP contribution >= 0.6 is 0 Å². The van der Waals surface area contributed by atoms with E-state index >= 15 is 0 Å². The number of hydrogen-bond donors (Lipinski definition) is 1. The Morgan fingerprint density at radius 1 is 1.39 bits per heavy atom. The average Bonchev–Trinajstić information content (AvgIpc) is 2.88. The summed E-state index contributed by atoms with van der Waals surface area (Å²) in [4.78, 5) is 14.1. The predicted octanol–water partition coefficient (Wildman–Crippen LogP) is 2.68. The van der Waals surface area contributed by atoms with Crippen LogP contribution in [0.4, 0.5) is 4.79 Å². The zero-order valence-corrected chi connectivity index (χ0v) is 15.3. The van der Waals surface area contributed by atoms with Crippen LogP contribution in [-0.4, -0.2) is 54.0 Å². The van der Waals surface area contributed by atoms with Gasteiger partial charge in [0.25, 0.3) is 0 Å². The first-order chi connectivity index (χ1) is 10.5. The van der Waals surface area contributed by atoms with Crippen LogP contribution in [0.15, 0.2) is 0 Å². The van der Waals surface area contributed by atoms with Crippen molar-refractivity contribution in [1.82, 2.24) is 10.2 Å². The smallest absolute Gasteiger partial charge is 0.410 e. The largest absolute Gasteiger partial charge is 0.444 e. The van der Waals surface area contributed by atoms with E-state index in [9.17, 15) is 10.1 Å². The Hall–Kier alpha value is -1.32. The summed E-state index contributed by atoms with van der Waals surface area (Å²) in [6, 6.07) is 1.78. The van der Waals surface area contributed by atoms with Crippen LogP contribution in [-0.2, 0) is 9.47 Å². The van der Waals surface area contributed by atoms with Crippen LogP contribution in [0.3, 0.4) is 0 Å². The fourth-order valence-corrected chi connectivity index (χ4v) is 2.35. The molecule has 0 bridgehead atoms. The fourth-order valence-electron chi connectivity index (χ4n) is 2.35. The molecule has 1 amide bonds. The van der Waals surface area contributed by atoms with E-state index in [1.807, 2.05) is 41.5 Å². The van der Waals surface area contributed by atoms with Crippen LogP contribution in [0.5, 0.6) is 0 Å². The van der Waals surface area contributed by atoms with Gasteiger partial charge in [0.15, 0.2) is 0 Å². The summed E-state index contributed by atoms with van der Waals surface area (Å²) in [5.74, 6) is 0. The monoisotopic (exact) mass is 325 g/mol. The zero-order valence-electron chi connectivity index (χ0n) is 15.3. The molecule has 1 rings (SSSR count). The van der Waals surface area contributed by atoms with Gasteiger partial charge in [0.1, 0.15) is 11.6 Å². The van der Waals surface area contributed by atoms with Crippen molar-refractivity contribution in [1.29, 1.82) is 5.26 Å². The zero-order chi connectivity index (χ0) is 17.7. The van der Waals surface area contributed by atoms with E-state index in [1.54, 1.807) is 4.90 Å². The molecule has 6 heteroatoms. The number of carbonyl (C=O) groups is 1. The third-order valence-electron chi connectivity index (χ3n) is 3.56. The molecule has 2 atom stereocenters. The third kappa shape index (κ3) is 7.19. The number of amides is 1. The molecular weight excluding hydrogens is 294 g/mol. The highest BCUT2D eigenvalue weighted by molar-refractivity contribution is 5.69. The molecule has 23 heavy (non-hydrogen) atoms. The van der Waals surface area contributed by atoms with Gasteiger partial charge in [-0.25, -0.2) is 4.79 Å². The van der Waals surface area contributed by atoms with Gasteiger partial charge in [-0.15, -0.1) is 0 Å². The van der Waals surface area contributed by atoms with E-state index < -0.39 is 23.3 Å². The second kappa shape index (κ2) is 7.98. The lowest BCUT2D eigenvalue weighted by molar-refractivity contribution is 0.00475. The first-order valence-electron chi connectivity index (χ1n) is 8.28. The molecule has 1 fully saturated rings. The molecule has 1 heterocycles. The molecule has 2 unspecified atom stereocenters. The molecule has 1 N–H and O–H groups in total. The van der Waals surface area contributed by atoms with Crippen molar-refractivity contribution in [2.75, 3.05) is 19.7 Å². The Bertz CT molecular complexity index is 426. The molecule has 1 saturated heterocycles. The van der Waals surface area contributed by atoms with E-state index in [0.717, 1.165) is 19.4 Å². The Balaban J connectivity index is 2.66. The van der Waals surface area contributed by atoms with Crippen LogP contribution in [0.2, 0.25) is 0 Å². The summed E-state index contributed by atoms with van der Waals surface area (Å²) in [5, 5.41) is 12.6. The second-order valence-electron chi connectivity index (χ2n) is 7.99. The van der Waals surface area contributed by atoms with E-state index in [-0.39, 0.29) is 12.6 Å². The van der Waals surface area contributed by atoms with Gasteiger partial charge in [-0.3, -0.25) is 5.32 Å². The molecule has 1 aliphatic heterocycles. The van der Waals surface area contributed by atoms with Crippen LogP contribution in [0.25, 0.3) is 0 Å². The van der Waals surface area contributed by atoms with Crippen molar-refractivity contribution in [2.45, 2.75) is 77.7 Å². The lowest BCUT2D eigenvalue weighted by atomic mass is 10.1. The minimum Gasteiger partial charge on any atom is -0.444 e. The molecular formula is C17H31N3O3. The summed E-state index contributed by atoms with van der Waals surface area (Å²) in [6.45, 7) is 13.0. The van der Waals surface area contributed by atoms with Gasteiger partial charge in [0.05, 0.1) is 18.7 Å². The van der Waals surface area contributed by atoms with Gasteiger partial charge in [-0.05, 0) is 54.4 Å². The Labute approximate surface area is 140 Å². The van der Waals surface area contributed by atoms with Crippen molar-refractivity contribution in [3.8, 4) is 6.07 Å². The van der Waals surface area contributed by atoms with E-state index in [4.69, 9.17) is 9.47 Å². The topological polar surface area (TPSA) is 74.6 Å². The van der Waals surface area contributed by atoms with Gasteiger partial charge >= 0.3 is 6.09 Å². The molecule has 0 saturated carbocycles. The number of ether oxygens (including phenoxy) is 2. The standard InChI is InChI=1S/C17H31N3O3/c1-16(2,3)20(15(21)23-17(4,5)6)12-13(10-18)19-11-14-8-7-9-22-14/h13-14,19H,7-9,11-12H2,1-6H3. The van der Waals surface area contributed by atoms with E-state index in [2.05, 4.69) is 11.4 Å². The Morgan fingerprint density at radius 2 is 2.04 bits per heavy atom. The molecule has 6 nitrogen and oxygen atoms in total. The van der Waals surface area contributed by atoms with Crippen molar-refractivity contribution in [2.24, 2.45) is 0 Å². The molecule has 0 aromatic heterocycles. The van der Waals surface area contributed by atoms with Crippen molar-refractivity contribution in [3.63, 3.8) is 0 Å². The van der Waals surface area contributed by atoms with Gasteiger partial charge in [0, 0.05) is 18.7 Å². The van der Waals surface area contributed by atoms with Crippen LogP contribution < -0.4 is 5.32 Å². The summed E-state index contributed by atoms with van der Waals surface area (Å²) < 4.78 is 11.0. The van der Waals surface area contributed by atoms with E-state index in [1.165, 1.54) is 0 Å². The lowest BCUT2D eigenvalue weighted by Gasteiger charge is -2.38. The van der Waals surface area contributed by atoms with E-state index in [0.29, 0.717) is 6.54 Å². The molecule has 1 aliphatic rings. The highest BCUT2D eigenvalue weighted by atomic mass is 16.6. The van der Waals surface area contributed by atoms with Gasteiger partial charge in [0.2, 0.25) is 0 Å². The minimum absolute atomic E-state index is 0.162. The number of carbonyl (C=O) groups excluding carboxylic acids is 1. The molecule has 0 aromatic rings. The molecule has 0 spiro atoms. The summed E-state index contributed by atoms with van der Waals surface area (Å²) in [5.41, 5.74) is -0.989. The third-order valence-corrected chi connectivity index (χ3v) is 3.56. The summed E-state index contributed by atoms with van der Waals surface area (Å²) in [7, 11) is 0. The highest BCUT2D eigenvalue weighted by Crippen LogP contribution is 2.19. The van der Waals surface area contributed by atoms with Gasteiger partial charge in [-0.2, -0.15) is 5.26 Å². The maximum absolute atomic E-state index is 12.5. The number of hydrogen-bond acceptors (Lipinski definition) is 5. The number of nitrogens with one attached hydrogen (secondary N) is 1. The number of rotatable bonds is 5. The fraction of sp³-hybridized carbons (Fsp3) is 0.882. The van der Waals surface area contributed by atoms with Crippen molar-refractivity contribution < 1.29 is 14.3 Å². The maximum atomic E-state index is 12.5. The first-order valence-corrected chi connectivity index (χ1v) is 8.28. The first kappa shape index (κ1) is 19.7. The van der Waals surface area contributed by atoms with Crippen LogP contribution in [0.1, 0.15) is 54.4 Å². The summed E-state index contributed by atoms with van der Waals surface area (Å²) in [6.07, 6.45) is 1.84. The quantitative estimate of drug-likeness (QED) is 0.841. The number of nitrogens with zero attached hydrogens (tertiary/aromatic N) is 2. The van der Waals surface area contributed by atoms with Crippen molar-refractivity contribution in [3.05, 3.63) is 0 Å². The predicted molar refractivity (Wildman–Crippen MR) is 89.1 cm³/mol. The Kier molecular flexibility index (Phi) is 6.84. The minimum atomic E-state index is -0.562. The maximum Gasteiger partial charge on any atom is 0.410 e. The van der Waals surface area contributed by atoms with Crippen molar-refractivity contribution >= 4 is 6.09 Å². The lowest BCUT2D eigenvalue weighted by Crippen LogP contribution is -2.53. The normalized spacial score (nSPS) is 20.0. The highest BCUT2D eigenvalue weighted by Gasteiger charge is 2.32. The molecule has 0 radical (unpaired) electrons. The average molecular weight is 325 g/mol. The SMILES string of the molecule is CC(C)(C)OC(=O)N(CC(C#N)NCC1CCCO1)C(C)(C)C. The summed E-state index contributed by atoms with van der Waals surface area (Å²) >= 11 is 0. The molecule has 0 aliphatic carbocycles. The second-order valence-corrected chi connectivity index (χ2v) is 7.99. The van der Waals surface area contributed by atoms with Gasteiger partial charge < -0.3 is 14.4 Å². The number of nitriles is 1.